The van der Waals surface area contributed by atoms with E-state index in [0.29, 0.717) is 0 Å². The van der Waals surface area contributed by atoms with Crippen molar-refractivity contribution in [2.24, 2.45) is 0 Å². The van der Waals surface area contributed by atoms with Gasteiger partial charge in [-0.2, -0.15) is 0 Å². The molecule has 980 valence electrons. The first-order valence-corrected chi connectivity index (χ1v) is 894. The minimum absolute atomic E-state index is 0.499. The summed E-state index contributed by atoms with van der Waals surface area (Å²) in [7, 11) is -44.4. The third-order valence-corrected chi connectivity index (χ3v) is 11200. The van der Waals surface area contributed by atoms with Gasteiger partial charge in [-0.15, -0.1) is 0 Å². The Morgan fingerprint density at radius 1 is 0.0357 bits per heavy atom. The molecule has 0 unspecified atom stereocenters. The van der Waals surface area contributed by atoms with Gasteiger partial charge >= 0.3 is 1870 Å². The van der Waals surface area contributed by atoms with Gasteiger partial charge in [-0.3, -0.25) is 0 Å². The van der Waals surface area contributed by atoms with E-state index in [2.05, 4.69) is 1320 Å². The Hall–Kier alpha value is 102. The summed E-state index contributed by atoms with van der Waals surface area (Å²) in [5.74, 6) is 0. The molecule has 0 aliphatic rings. The zero-order valence-corrected chi connectivity index (χ0v) is 355. The predicted octanol–water partition coefficient (Wildman–Crippen LogP) is 124. The van der Waals surface area contributed by atoms with E-state index < -0.39 is 545 Å². The molecule has 0 aromatic rings. The van der Waals surface area contributed by atoms with Gasteiger partial charge in [0.1, 0.15) is 0 Å². The summed E-state index contributed by atoms with van der Waals surface area (Å²) in [4.78, 5) is 0. The second-order valence-corrected chi connectivity index (χ2v) is 3370. The molecule has 0 saturated heterocycles. The first kappa shape index (κ1) is 242. The van der Waals surface area contributed by atoms with Crippen LogP contribution in [0.2, 0.25) is 0 Å². The molecule has 0 bridgehead atoms. The maximum absolute atomic E-state index is 3.51. The molecule has 0 saturated carbocycles. The maximum atomic E-state index is 3.51. The van der Waals surface area contributed by atoms with Crippen molar-refractivity contribution in [3.63, 3.8) is 0 Å². The van der Waals surface area contributed by atoms with Crippen LogP contribution in [0.4, 0.5) is 0 Å². The third-order valence-electron chi connectivity index (χ3n) is 5.55. The van der Waals surface area contributed by atoms with E-state index in [1.165, 1.54) is 0 Å². The minimum atomic E-state index is -0.688. The summed E-state index contributed by atoms with van der Waals surface area (Å²) in [5, 5.41) is 0. The molecule has 0 atom stereocenters. The fourth-order valence-corrected chi connectivity index (χ4v) is 28100. The van der Waals surface area contributed by atoms with Crippen LogP contribution in [0.3, 0.4) is 0 Å². The average molecular weight is 17800 g/mol. The van der Waals surface area contributed by atoms with Crippen molar-refractivity contribution in [2.75, 3.05) is 0 Å². The van der Waals surface area contributed by atoms with Gasteiger partial charge in [0.05, 0.1) is 0 Å². The molecule has 0 N–H and O–H groups in total. The molecule has 0 aliphatic heterocycles. The van der Waals surface area contributed by atoms with Gasteiger partial charge in [0, 0.05) is 0 Å². The van der Waals surface area contributed by atoms with Crippen LogP contribution in [0.1, 0.15) is 0 Å². The number of hydrogen-bond acceptors (Lipinski definition) is 0. The first-order valence-electron chi connectivity index (χ1n) is 19.9. The predicted molar refractivity (Wildman–Crippen MR) is 1960 cm³/mol. The zero-order chi connectivity index (χ0) is 111. The van der Waals surface area contributed by atoms with Gasteiger partial charge in [0.15, 0.2) is 0 Å². The summed E-state index contributed by atoms with van der Waals surface area (Å²) in [5.41, 5.74) is 0. The third kappa shape index (κ3) is 98.1. The first-order chi connectivity index (χ1) is 63.7. The summed E-state index contributed by atoms with van der Waals surface area (Å²) in [6.45, 7) is 0. The molecular weight excluding hydrogens is 17800 g/mol. The van der Waals surface area contributed by atoms with Gasteiger partial charge in [-0.05, 0) is 0 Å². The van der Waals surface area contributed by atoms with Crippen LogP contribution in [0.25, 0.3) is 0 Å². The van der Waals surface area contributed by atoms with E-state index in [0.717, 1.165) is 0 Å². The van der Waals surface area contributed by atoms with Crippen LogP contribution in [0.5, 0.6) is 0 Å². The van der Waals surface area contributed by atoms with Crippen LogP contribution in [0, 0.1) is 0 Å². The van der Waals surface area contributed by atoms with Crippen molar-refractivity contribution < 1.29 is 0 Å². The van der Waals surface area contributed by atoms with Crippen LogP contribution >= 0.6 is 1870 Å². The standard InChI is InChI=1S/I140/c1-72(2)74(5)76(7)78(9)80(11)82(13)84(15)86(17)88(19)90(21)92(23)94(25)96(27)98(29)100(31)102(33)104(35)106(37)108(39)110(41)112(43)114(45)116(47)118(49)120(51)122(53)124(55)126(57)128(59)130(61)132(63)134(65)136(67)138(69)140(71)139(70)137(68)135(66)133(64)131(62)129(60)127(58)125(56)123(54)121(52)119(50)117(48)115(46)113(44)111(42)109(40)107(38)105(36)103(34)101(32)99(30)97(28)95(26)93(24)91(22)89(20)87(18)85(16)83(14)81(12)79(10)77(8)75(6)73(3)4. The molecule has 0 fully saturated rings. The Balaban J connectivity index is 6.00. The SMILES string of the molecule is II(I)I(I)I(I)I(I)I(I)I(I)I(I)I(I)I(I)I(I)I(I)I(I)I(I)I(I)I(I)I(I)I(I)I(I)I(I)I(I)I(I)I(I)I(I)I(I)I(I)I(I)I(I)I(I)I(I)I(I)I(I)I(I)I(I)I(I)I(I)I(I)I(I)I(I)I(I)I(I)I(I)I(I)I(I)I(I)I(I)I(I)I(I)I(I)I(I)I(I)I(I)I(I)I(I)I(I)I(I)I(I)I(I)I(I)I(I)I(I)I(I)I(I)I(I)I(I)I(I)I(I)I(I)I(I)I(I)I. The quantitative estimate of drug-likeness (QED) is 0.0533. The normalized spacial score (nSPS) is 19.3. The van der Waals surface area contributed by atoms with E-state index in [1.807, 2.05) is 0 Å². The van der Waals surface area contributed by atoms with Gasteiger partial charge in [-0.1, -0.05) is 0 Å². The van der Waals surface area contributed by atoms with Crippen LogP contribution in [0.15, 0.2) is 0 Å². The zero-order valence-electron chi connectivity index (χ0n) is 52.9. The summed E-state index contributed by atoms with van der Waals surface area (Å²) in [6.07, 6.45) is 0. The Labute approximate surface area is 1750 Å². The molecule has 0 amide bonds. The number of hydrogen-bond donors (Lipinski definition) is 0. The molecule has 0 spiro atoms. The van der Waals surface area contributed by atoms with Crippen molar-refractivity contribution in [1.29, 1.82) is 0 Å². The molecular formula is I140. The Morgan fingerprint density at radius 3 is 0.0786 bits per heavy atom. The van der Waals surface area contributed by atoms with Gasteiger partial charge in [-0.25, -0.2) is 0 Å². The van der Waals surface area contributed by atoms with Crippen LogP contribution in [-0.2, 0) is 0 Å². The Morgan fingerprint density at radius 2 is 0.0571 bits per heavy atom. The monoisotopic (exact) mass is 17800 g/mol. The van der Waals surface area contributed by atoms with Gasteiger partial charge < -0.3 is 0 Å². The average Bonchev–Trinajstić information content (AvgIpc) is 0.815. The van der Waals surface area contributed by atoms with E-state index in [1.54, 1.807) is 0 Å². The molecule has 0 rings (SSSR count). The summed E-state index contributed by atoms with van der Waals surface area (Å²) >= 11 is 244. The Kier molecular flexibility index (Phi) is 252. The molecule has 0 aliphatic carbocycles. The Bertz CT molecular complexity index is 2740. The van der Waals surface area contributed by atoms with Crippen molar-refractivity contribution in [3.8, 4) is 0 Å². The molecule has 140 heteroatoms. The molecule has 0 radical (unpaired) electrons. The second-order valence-electron chi connectivity index (χ2n) is 11.2. The fourth-order valence-electron chi connectivity index (χ4n) is 2.07. The van der Waals surface area contributed by atoms with Crippen LogP contribution < -0.4 is 0 Å². The van der Waals surface area contributed by atoms with E-state index in [-0.39, 0.29) is 0 Å². The van der Waals surface area contributed by atoms with Gasteiger partial charge in [0.2, 0.25) is 0 Å². The van der Waals surface area contributed by atoms with Gasteiger partial charge in [0.25, 0.3) is 0 Å². The van der Waals surface area contributed by atoms with Crippen LogP contribution in [-0.4, -0.2) is 0 Å². The summed E-state index contributed by atoms with van der Waals surface area (Å²) < 4.78 is 0. The fraction of sp³-hybridized carbons (Fsp3) is 0. The van der Waals surface area contributed by atoms with Crippen molar-refractivity contribution >= 4 is 1870 Å². The van der Waals surface area contributed by atoms with Crippen molar-refractivity contribution in [2.45, 2.75) is 0 Å². The van der Waals surface area contributed by atoms with Crippen molar-refractivity contribution in [1.82, 2.24) is 0 Å². The molecule has 140 heavy (non-hydrogen) atoms. The molecule has 0 heterocycles. The number of halogens is 140. The number of rotatable bonds is 68. The van der Waals surface area contributed by atoms with E-state index in [9.17, 15) is 0 Å². The topological polar surface area (TPSA) is 0 Å². The van der Waals surface area contributed by atoms with E-state index >= 15 is 0 Å². The second kappa shape index (κ2) is 146. The molecule has 0 nitrogen and oxygen atoms in total. The van der Waals surface area contributed by atoms with Crippen molar-refractivity contribution in [3.05, 3.63) is 0 Å². The molecule has 0 aromatic heterocycles. The summed E-state index contributed by atoms with van der Waals surface area (Å²) in [6, 6.07) is 0. The van der Waals surface area contributed by atoms with E-state index in [4.69, 9.17) is 0 Å². The molecule has 0 aromatic carbocycles.